The molecule has 0 aromatic heterocycles. The van der Waals surface area contributed by atoms with Gasteiger partial charge in [0.25, 0.3) is 10.1 Å². The molecule has 0 fully saturated rings. The second kappa shape index (κ2) is 19.0. The molecule has 0 aliphatic carbocycles. The Kier molecular flexibility index (Phi) is 21.4. The van der Waals surface area contributed by atoms with Crippen LogP contribution in [0.5, 0.6) is 0 Å². The Morgan fingerprint density at radius 2 is 1.09 bits per heavy atom. The molecule has 0 bridgehead atoms. The molecule has 3 nitrogen and oxygen atoms in total. The van der Waals surface area contributed by atoms with Crippen molar-refractivity contribution in [1.29, 1.82) is 0 Å². The fourth-order valence-corrected chi connectivity index (χ4v) is 3.10. The summed E-state index contributed by atoms with van der Waals surface area (Å²) in [5.41, 5.74) is 0. The van der Waals surface area contributed by atoms with Gasteiger partial charge in [-0.2, -0.15) is 8.42 Å². The molecular weight excluding hydrogens is 319 g/mol. The molecular formula is C18H37NaO3S. The Labute approximate surface area is 166 Å². The first-order chi connectivity index (χ1) is 10.6. The van der Waals surface area contributed by atoms with Gasteiger partial charge in [-0.1, -0.05) is 76.9 Å². The van der Waals surface area contributed by atoms with Crippen molar-refractivity contribution in [2.45, 2.75) is 96.8 Å². The third-order valence-electron chi connectivity index (χ3n) is 3.91. The normalized spacial score (nSPS) is 11.7. The Morgan fingerprint density at radius 1 is 0.696 bits per heavy atom. The molecule has 23 heavy (non-hydrogen) atoms. The molecule has 0 heterocycles. The number of hydrogen-bond donors (Lipinski definition) is 1. The Hall–Kier alpha value is 0.650. The molecule has 0 rings (SSSR count). The minimum absolute atomic E-state index is 0. The van der Waals surface area contributed by atoms with Crippen LogP contribution in [0.1, 0.15) is 96.8 Å². The Morgan fingerprint density at radius 3 is 1.52 bits per heavy atom. The van der Waals surface area contributed by atoms with Crippen LogP contribution in [0.3, 0.4) is 0 Å². The molecule has 1 N–H and O–H groups in total. The Bertz CT molecular complexity index is 353. The zero-order valence-corrected chi connectivity index (χ0v) is 15.2. The molecule has 134 valence electrons. The summed E-state index contributed by atoms with van der Waals surface area (Å²) in [5, 5.41) is 0. The average Bonchev–Trinajstić information content (AvgIpc) is 2.45. The van der Waals surface area contributed by atoms with Gasteiger partial charge in [-0.05, 0) is 32.1 Å². The molecule has 0 radical (unpaired) electrons. The van der Waals surface area contributed by atoms with E-state index in [2.05, 4.69) is 19.1 Å². The standard InChI is InChI=1S/C18H36O3S.Na.H/c1-2-3-4-5-6-7-8-9-10-11-12-13-14-15-16-17-18-22(19,20)21;;/h9-10H,2-8,11-18H2,1H3,(H,19,20,21);;/b10-9-;;. The van der Waals surface area contributed by atoms with Crippen LogP contribution in [0, 0.1) is 0 Å². The molecule has 0 saturated carbocycles. The van der Waals surface area contributed by atoms with Gasteiger partial charge < -0.3 is 0 Å². The summed E-state index contributed by atoms with van der Waals surface area (Å²) in [6.45, 7) is 2.25. The predicted molar refractivity (Wildman–Crippen MR) is 103 cm³/mol. The SMILES string of the molecule is CCCCCCCC/C=C\CCCCCCCCS(=O)(=O)O.[NaH]. The van der Waals surface area contributed by atoms with Crippen LogP contribution < -0.4 is 0 Å². The molecule has 0 aliphatic rings. The second-order valence-corrected chi connectivity index (χ2v) is 7.80. The van der Waals surface area contributed by atoms with Crippen LogP contribution in [0.2, 0.25) is 0 Å². The number of allylic oxidation sites excluding steroid dienone is 2. The van der Waals surface area contributed by atoms with Crippen LogP contribution in [0.15, 0.2) is 12.2 Å². The summed E-state index contributed by atoms with van der Waals surface area (Å²) in [6.07, 6.45) is 21.4. The van der Waals surface area contributed by atoms with Gasteiger partial charge in [0.15, 0.2) is 0 Å². The predicted octanol–water partition coefficient (Wildman–Crippen LogP) is 5.26. The van der Waals surface area contributed by atoms with Crippen LogP contribution in [0.25, 0.3) is 0 Å². The summed E-state index contributed by atoms with van der Waals surface area (Å²) in [6, 6.07) is 0. The summed E-state index contributed by atoms with van der Waals surface area (Å²) < 4.78 is 29.7. The fourth-order valence-electron chi connectivity index (χ4n) is 2.53. The number of rotatable bonds is 16. The zero-order chi connectivity index (χ0) is 16.5. The summed E-state index contributed by atoms with van der Waals surface area (Å²) >= 11 is 0. The zero-order valence-electron chi connectivity index (χ0n) is 14.4. The molecule has 0 amide bonds. The van der Waals surface area contributed by atoms with Crippen LogP contribution in [-0.2, 0) is 10.1 Å². The van der Waals surface area contributed by atoms with Crippen molar-refractivity contribution in [3.05, 3.63) is 12.2 Å². The first-order valence-electron chi connectivity index (χ1n) is 9.16. The Balaban J connectivity index is 0. The number of hydrogen-bond acceptors (Lipinski definition) is 2. The molecule has 5 heteroatoms. The van der Waals surface area contributed by atoms with E-state index in [0.29, 0.717) is 6.42 Å². The van der Waals surface area contributed by atoms with Crippen molar-refractivity contribution >= 4 is 39.7 Å². The van der Waals surface area contributed by atoms with Gasteiger partial charge in [0.1, 0.15) is 0 Å². The first-order valence-corrected chi connectivity index (χ1v) is 10.8. The van der Waals surface area contributed by atoms with E-state index in [1.54, 1.807) is 0 Å². The fraction of sp³-hybridized carbons (Fsp3) is 0.889. The molecule has 0 aromatic rings. The summed E-state index contributed by atoms with van der Waals surface area (Å²) in [7, 11) is -3.75. The van der Waals surface area contributed by atoms with Gasteiger partial charge in [0, 0.05) is 0 Å². The maximum absolute atomic E-state index is 10.5. The van der Waals surface area contributed by atoms with Crippen molar-refractivity contribution in [2.24, 2.45) is 0 Å². The molecule has 0 spiro atoms. The van der Waals surface area contributed by atoms with Crippen molar-refractivity contribution in [2.75, 3.05) is 5.75 Å². The third-order valence-corrected chi connectivity index (χ3v) is 4.72. The van der Waals surface area contributed by atoms with E-state index in [-0.39, 0.29) is 35.3 Å². The van der Waals surface area contributed by atoms with Gasteiger partial charge in [-0.15, -0.1) is 0 Å². The molecule has 0 unspecified atom stereocenters. The summed E-state index contributed by atoms with van der Waals surface area (Å²) in [5.74, 6) is -0.0891. The van der Waals surface area contributed by atoms with E-state index in [1.807, 2.05) is 0 Å². The average molecular weight is 357 g/mol. The van der Waals surface area contributed by atoms with Gasteiger partial charge in [-0.3, -0.25) is 4.55 Å². The van der Waals surface area contributed by atoms with Gasteiger partial charge in [0.05, 0.1) is 5.75 Å². The third kappa shape index (κ3) is 25.0. The van der Waals surface area contributed by atoms with Gasteiger partial charge in [0.2, 0.25) is 0 Å². The van der Waals surface area contributed by atoms with Crippen molar-refractivity contribution < 1.29 is 13.0 Å². The molecule has 0 aromatic carbocycles. The van der Waals surface area contributed by atoms with Crippen molar-refractivity contribution in [3.8, 4) is 0 Å². The van der Waals surface area contributed by atoms with Gasteiger partial charge >= 0.3 is 29.6 Å². The van der Waals surface area contributed by atoms with Gasteiger partial charge in [-0.25, -0.2) is 0 Å². The van der Waals surface area contributed by atoms with Crippen LogP contribution in [0.4, 0.5) is 0 Å². The van der Waals surface area contributed by atoms with E-state index >= 15 is 0 Å². The monoisotopic (exact) mass is 356 g/mol. The van der Waals surface area contributed by atoms with Crippen molar-refractivity contribution in [1.82, 2.24) is 0 Å². The van der Waals surface area contributed by atoms with Crippen molar-refractivity contribution in [3.63, 3.8) is 0 Å². The van der Waals surface area contributed by atoms with E-state index in [0.717, 1.165) is 19.3 Å². The first kappa shape index (κ1) is 25.9. The molecule has 0 aliphatic heterocycles. The summed E-state index contributed by atoms with van der Waals surface area (Å²) in [4.78, 5) is 0. The minimum atomic E-state index is -3.75. The van der Waals surface area contributed by atoms with E-state index in [9.17, 15) is 8.42 Å². The van der Waals surface area contributed by atoms with Crippen LogP contribution in [-0.4, -0.2) is 48.3 Å². The topological polar surface area (TPSA) is 54.4 Å². The van der Waals surface area contributed by atoms with E-state index in [4.69, 9.17) is 4.55 Å². The molecule has 0 atom stereocenters. The quantitative estimate of drug-likeness (QED) is 0.177. The van der Waals surface area contributed by atoms with E-state index in [1.165, 1.54) is 64.2 Å². The molecule has 0 saturated heterocycles. The van der Waals surface area contributed by atoms with E-state index < -0.39 is 10.1 Å². The maximum atomic E-state index is 10.5. The second-order valence-electron chi connectivity index (χ2n) is 6.22. The number of unbranched alkanes of at least 4 members (excludes halogenated alkanes) is 12. The van der Waals surface area contributed by atoms with Crippen LogP contribution >= 0.6 is 0 Å².